The minimum Gasteiger partial charge on any atom is -0.462 e. The fraction of sp³-hybridized carbons (Fsp3) is 0.333. The Bertz CT molecular complexity index is 776. The van der Waals surface area contributed by atoms with Crippen LogP contribution in [0.1, 0.15) is 27.6 Å². The topological polar surface area (TPSA) is 82.1 Å². The van der Waals surface area contributed by atoms with E-state index in [-0.39, 0.29) is 19.8 Å². The van der Waals surface area contributed by atoms with Crippen molar-refractivity contribution >= 4 is 11.9 Å². The van der Waals surface area contributed by atoms with Crippen molar-refractivity contribution in [2.45, 2.75) is 18.6 Å². The summed E-state index contributed by atoms with van der Waals surface area (Å²) in [7, 11) is 0. The van der Waals surface area contributed by atoms with Crippen LogP contribution < -0.4 is 0 Å². The number of carbonyl (C=O) groups excluding carboxylic acids is 2. The summed E-state index contributed by atoms with van der Waals surface area (Å²) in [5.41, 5.74) is -0.0734. The molecule has 0 aromatic heterocycles. The number of carbonyl (C=O) groups is 2. The van der Waals surface area contributed by atoms with Crippen molar-refractivity contribution in [3.8, 4) is 0 Å². The second-order valence-electron chi connectivity index (χ2n) is 6.70. The van der Waals surface area contributed by atoms with Crippen molar-refractivity contribution in [1.82, 2.24) is 0 Å². The second kappa shape index (κ2) is 8.33. The predicted molar refractivity (Wildman–Crippen MR) is 97.3 cm³/mol. The van der Waals surface area contributed by atoms with Crippen LogP contribution in [0.2, 0.25) is 0 Å². The summed E-state index contributed by atoms with van der Waals surface area (Å²) in [6, 6.07) is 17.3. The molecule has 1 aliphatic rings. The first-order chi connectivity index (χ1) is 13.0. The van der Waals surface area contributed by atoms with Crippen LogP contribution in [-0.2, 0) is 14.2 Å². The Morgan fingerprint density at radius 2 is 1.52 bits per heavy atom. The number of hydrogen-bond acceptors (Lipinski definition) is 6. The maximum atomic E-state index is 12.2. The van der Waals surface area contributed by atoms with Gasteiger partial charge in [0.15, 0.2) is 0 Å². The summed E-state index contributed by atoms with van der Waals surface area (Å²) in [4.78, 5) is 24.3. The number of rotatable bonds is 6. The van der Waals surface area contributed by atoms with Gasteiger partial charge < -0.3 is 19.3 Å². The molecule has 1 saturated heterocycles. The van der Waals surface area contributed by atoms with E-state index >= 15 is 0 Å². The van der Waals surface area contributed by atoms with Gasteiger partial charge in [-0.05, 0) is 31.2 Å². The molecule has 0 unspecified atom stereocenters. The molecular formula is C21H22O6. The lowest BCUT2D eigenvalue weighted by molar-refractivity contribution is -0.0690. The summed E-state index contributed by atoms with van der Waals surface area (Å²) in [5.74, 6) is -1.45. The Hall–Kier alpha value is -2.70. The van der Waals surface area contributed by atoms with Crippen molar-refractivity contribution in [1.29, 1.82) is 0 Å². The Kier molecular flexibility index (Phi) is 5.88. The number of aliphatic hydroxyl groups excluding tert-OH is 1. The van der Waals surface area contributed by atoms with E-state index < -0.39 is 29.6 Å². The van der Waals surface area contributed by atoms with Crippen LogP contribution in [-0.4, -0.2) is 48.6 Å². The smallest absolute Gasteiger partial charge is 0.338 e. The Balaban J connectivity index is 1.60. The van der Waals surface area contributed by atoms with Crippen LogP contribution >= 0.6 is 0 Å². The van der Waals surface area contributed by atoms with Gasteiger partial charge in [-0.15, -0.1) is 0 Å². The van der Waals surface area contributed by atoms with Gasteiger partial charge in [0, 0.05) is 0 Å². The van der Waals surface area contributed by atoms with Gasteiger partial charge in [0.25, 0.3) is 0 Å². The average Bonchev–Trinajstić information content (AvgIpc) is 3.00. The Morgan fingerprint density at radius 1 is 1.00 bits per heavy atom. The lowest BCUT2D eigenvalue weighted by Crippen LogP contribution is -2.43. The van der Waals surface area contributed by atoms with Gasteiger partial charge in [0.05, 0.1) is 36.4 Å². The first-order valence-corrected chi connectivity index (χ1v) is 8.76. The zero-order chi connectivity index (χ0) is 19.3. The summed E-state index contributed by atoms with van der Waals surface area (Å²) in [5, 5.41) is 10.2. The fourth-order valence-corrected chi connectivity index (χ4v) is 3.03. The zero-order valence-electron chi connectivity index (χ0n) is 15.0. The van der Waals surface area contributed by atoms with Crippen molar-refractivity contribution in [2.75, 3.05) is 19.8 Å². The maximum absolute atomic E-state index is 12.2. The fourth-order valence-electron chi connectivity index (χ4n) is 3.03. The molecular weight excluding hydrogens is 348 g/mol. The molecule has 0 saturated carbocycles. The van der Waals surface area contributed by atoms with Gasteiger partial charge in [-0.25, -0.2) is 9.59 Å². The molecule has 2 aromatic carbocycles. The highest BCUT2D eigenvalue weighted by molar-refractivity contribution is 5.89. The van der Waals surface area contributed by atoms with E-state index in [4.69, 9.17) is 14.2 Å². The molecule has 2 aromatic rings. The van der Waals surface area contributed by atoms with E-state index in [9.17, 15) is 14.7 Å². The number of ether oxygens (including phenoxy) is 3. The highest BCUT2D eigenvalue weighted by Crippen LogP contribution is 2.33. The molecule has 6 heteroatoms. The molecule has 3 atom stereocenters. The molecule has 27 heavy (non-hydrogen) atoms. The van der Waals surface area contributed by atoms with Crippen LogP contribution in [0.3, 0.4) is 0 Å². The van der Waals surface area contributed by atoms with Gasteiger partial charge in [0.2, 0.25) is 0 Å². The molecule has 0 bridgehead atoms. The monoisotopic (exact) mass is 370 g/mol. The van der Waals surface area contributed by atoms with Gasteiger partial charge in [-0.2, -0.15) is 0 Å². The molecule has 0 radical (unpaired) electrons. The van der Waals surface area contributed by atoms with E-state index in [1.165, 1.54) is 0 Å². The molecule has 0 spiro atoms. The van der Waals surface area contributed by atoms with E-state index in [2.05, 4.69) is 0 Å². The highest BCUT2D eigenvalue weighted by atomic mass is 16.6. The lowest BCUT2D eigenvalue weighted by atomic mass is 9.88. The molecule has 0 amide bonds. The van der Waals surface area contributed by atoms with Crippen LogP contribution in [0.4, 0.5) is 0 Å². The molecule has 6 nitrogen and oxygen atoms in total. The molecule has 3 rings (SSSR count). The van der Waals surface area contributed by atoms with Crippen molar-refractivity contribution in [3.63, 3.8) is 0 Å². The normalized spacial score (nSPS) is 24.4. The van der Waals surface area contributed by atoms with Crippen LogP contribution in [0.25, 0.3) is 0 Å². The van der Waals surface area contributed by atoms with E-state index in [0.717, 1.165) is 0 Å². The van der Waals surface area contributed by atoms with E-state index in [1.54, 1.807) is 55.5 Å². The summed E-state index contributed by atoms with van der Waals surface area (Å²) >= 11 is 0. The first kappa shape index (κ1) is 19.1. The maximum Gasteiger partial charge on any atom is 0.338 e. The standard InChI is InChI=1S/C21H22O6/c1-21(14-26-20(24)16-10-6-3-7-11-16)17(18(22)13-27-21)12-25-19(23)15-8-4-2-5-9-15/h2-11,17-18,22H,12-14H2,1H3/t17-,18-,21+/m0/s1. The number of benzene rings is 2. The number of aliphatic hydroxyl groups is 1. The number of esters is 2. The summed E-state index contributed by atoms with van der Waals surface area (Å²) in [6.07, 6.45) is -0.811. The third-order valence-electron chi connectivity index (χ3n) is 4.74. The van der Waals surface area contributed by atoms with Gasteiger partial charge in [-0.1, -0.05) is 36.4 Å². The second-order valence-corrected chi connectivity index (χ2v) is 6.70. The van der Waals surface area contributed by atoms with Crippen molar-refractivity contribution in [3.05, 3.63) is 71.8 Å². The van der Waals surface area contributed by atoms with Crippen molar-refractivity contribution in [2.24, 2.45) is 5.92 Å². The largest absolute Gasteiger partial charge is 0.462 e. The Labute approximate surface area is 157 Å². The minimum atomic E-state index is -0.944. The lowest BCUT2D eigenvalue weighted by Gasteiger charge is -2.30. The van der Waals surface area contributed by atoms with Crippen LogP contribution in [0, 0.1) is 5.92 Å². The third kappa shape index (κ3) is 4.53. The minimum absolute atomic E-state index is 0.0335. The SMILES string of the molecule is C[C@]1(COC(=O)c2ccccc2)OC[C@H](O)[C@@H]1COC(=O)c1ccccc1. The highest BCUT2D eigenvalue weighted by Gasteiger charge is 2.47. The van der Waals surface area contributed by atoms with Crippen molar-refractivity contribution < 1.29 is 28.9 Å². The molecule has 1 fully saturated rings. The zero-order valence-corrected chi connectivity index (χ0v) is 15.0. The van der Waals surface area contributed by atoms with Crippen LogP contribution in [0.15, 0.2) is 60.7 Å². The van der Waals surface area contributed by atoms with Crippen LogP contribution in [0.5, 0.6) is 0 Å². The molecule has 0 aliphatic carbocycles. The van der Waals surface area contributed by atoms with Gasteiger partial charge in [-0.3, -0.25) is 0 Å². The van der Waals surface area contributed by atoms with Gasteiger partial charge >= 0.3 is 11.9 Å². The van der Waals surface area contributed by atoms with E-state index in [1.807, 2.05) is 12.1 Å². The molecule has 1 aliphatic heterocycles. The predicted octanol–water partition coefficient (Wildman–Crippen LogP) is 2.47. The third-order valence-corrected chi connectivity index (χ3v) is 4.74. The van der Waals surface area contributed by atoms with E-state index in [0.29, 0.717) is 11.1 Å². The quantitative estimate of drug-likeness (QED) is 0.787. The Morgan fingerprint density at radius 3 is 2.07 bits per heavy atom. The molecule has 1 N–H and O–H groups in total. The van der Waals surface area contributed by atoms with Gasteiger partial charge in [0.1, 0.15) is 12.2 Å². The molecule has 1 heterocycles. The molecule has 142 valence electrons. The summed E-state index contributed by atoms with van der Waals surface area (Å²) < 4.78 is 16.4. The number of hydrogen-bond donors (Lipinski definition) is 1. The summed E-state index contributed by atoms with van der Waals surface area (Å²) in [6.45, 7) is 1.75. The first-order valence-electron chi connectivity index (χ1n) is 8.76. The average molecular weight is 370 g/mol.